The Labute approximate surface area is 219 Å². The molecule has 36 heavy (non-hydrogen) atoms. The van der Waals surface area contributed by atoms with Crippen molar-refractivity contribution in [1.82, 2.24) is 0 Å². The zero-order valence-corrected chi connectivity index (χ0v) is 21.0. The number of hydrogen-bond donors (Lipinski definition) is 1. The number of carbonyl (C=O) groups is 2. The molecule has 1 N–H and O–H groups in total. The molecule has 3 aromatic rings. The van der Waals surface area contributed by atoms with E-state index < -0.39 is 16.8 Å². The molecule has 182 valence electrons. The van der Waals surface area contributed by atoms with Crippen LogP contribution in [-0.2, 0) is 4.79 Å². The van der Waals surface area contributed by atoms with E-state index in [1.165, 1.54) is 24.3 Å². The van der Waals surface area contributed by atoms with E-state index in [-0.39, 0.29) is 40.1 Å². The molecule has 3 rings (SSSR count). The second-order valence-electron chi connectivity index (χ2n) is 7.07. The van der Waals surface area contributed by atoms with Gasteiger partial charge in [0.25, 0.3) is 11.6 Å². The Balaban J connectivity index is 1.89. The first kappa shape index (κ1) is 26.4. The van der Waals surface area contributed by atoms with Crippen molar-refractivity contribution in [2.75, 3.05) is 11.9 Å². The average molecular weight is 571 g/mol. The first-order chi connectivity index (χ1) is 17.2. The highest BCUT2D eigenvalue weighted by molar-refractivity contribution is 9.10. The van der Waals surface area contributed by atoms with Crippen molar-refractivity contribution in [2.45, 2.75) is 6.92 Å². The van der Waals surface area contributed by atoms with Crippen LogP contribution in [0.15, 0.2) is 70.7 Å². The number of nitrogens with zero attached hydrogens (tertiary/aromatic N) is 2. The van der Waals surface area contributed by atoms with Crippen LogP contribution in [0.1, 0.15) is 22.8 Å². The minimum atomic E-state index is -0.789. The van der Waals surface area contributed by atoms with Gasteiger partial charge in [-0.2, -0.15) is 5.26 Å². The van der Waals surface area contributed by atoms with Gasteiger partial charge in [0, 0.05) is 11.8 Å². The number of halogens is 2. The summed E-state index contributed by atoms with van der Waals surface area (Å²) >= 11 is 9.15. The molecule has 1 amide bonds. The Hall–Kier alpha value is -4.20. The summed E-state index contributed by atoms with van der Waals surface area (Å²) in [5, 5.41) is 23.0. The van der Waals surface area contributed by atoms with Gasteiger partial charge in [-0.15, -0.1) is 0 Å². The lowest BCUT2D eigenvalue weighted by Gasteiger charge is -2.14. The Morgan fingerprint density at radius 2 is 1.92 bits per heavy atom. The minimum Gasteiger partial charge on any atom is -0.490 e. The van der Waals surface area contributed by atoms with Crippen LogP contribution in [0.2, 0.25) is 5.02 Å². The van der Waals surface area contributed by atoms with Crippen LogP contribution in [0.3, 0.4) is 0 Å². The van der Waals surface area contributed by atoms with Crippen molar-refractivity contribution in [3.8, 4) is 17.6 Å². The Morgan fingerprint density at radius 1 is 1.19 bits per heavy atom. The number of amides is 1. The van der Waals surface area contributed by atoms with Crippen LogP contribution in [0, 0.1) is 21.4 Å². The fourth-order valence-electron chi connectivity index (χ4n) is 3.00. The molecule has 0 bridgehead atoms. The van der Waals surface area contributed by atoms with E-state index in [2.05, 4.69) is 21.2 Å². The molecule has 0 radical (unpaired) electrons. The number of nitrogens with one attached hydrogen (secondary N) is 1. The van der Waals surface area contributed by atoms with E-state index in [4.69, 9.17) is 21.1 Å². The lowest BCUT2D eigenvalue weighted by atomic mass is 10.1. The zero-order valence-electron chi connectivity index (χ0n) is 18.7. The minimum absolute atomic E-state index is 0.0876. The van der Waals surface area contributed by atoms with E-state index in [9.17, 15) is 25.0 Å². The summed E-state index contributed by atoms with van der Waals surface area (Å²) < 4.78 is 11.5. The molecule has 11 heteroatoms. The van der Waals surface area contributed by atoms with Gasteiger partial charge < -0.3 is 14.8 Å². The van der Waals surface area contributed by atoms with E-state index >= 15 is 0 Å². The van der Waals surface area contributed by atoms with E-state index in [0.29, 0.717) is 15.6 Å². The molecule has 0 aromatic heterocycles. The lowest BCUT2D eigenvalue weighted by molar-refractivity contribution is -0.384. The number of hydrogen-bond acceptors (Lipinski definition) is 7. The summed E-state index contributed by atoms with van der Waals surface area (Å²) in [6.07, 6.45) is 1.30. The van der Waals surface area contributed by atoms with Gasteiger partial charge >= 0.3 is 5.97 Å². The Bertz CT molecular complexity index is 1400. The molecule has 0 aliphatic rings. The van der Waals surface area contributed by atoms with Gasteiger partial charge in [0.05, 0.1) is 21.6 Å². The van der Waals surface area contributed by atoms with Crippen molar-refractivity contribution in [3.05, 3.63) is 97.0 Å². The van der Waals surface area contributed by atoms with Crippen LogP contribution < -0.4 is 14.8 Å². The van der Waals surface area contributed by atoms with Crippen LogP contribution in [-0.4, -0.2) is 23.4 Å². The fraction of sp³-hybridized carbons (Fsp3) is 0.0800. The maximum absolute atomic E-state index is 12.7. The van der Waals surface area contributed by atoms with Crippen molar-refractivity contribution >= 4 is 56.9 Å². The fourth-order valence-corrected chi connectivity index (χ4v) is 3.73. The third kappa shape index (κ3) is 6.47. The Morgan fingerprint density at radius 3 is 2.56 bits per heavy atom. The van der Waals surface area contributed by atoms with Crippen LogP contribution in [0.25, 0.3) is 6.08 Å². The molecule has 0 saturated heterocycles. The number of carbonyl (C=O) groups excluding carboxylic acids is 2. The summed E-state index contributed by atoms with van der Waals surface area (Å²) in [7, 11) is 0. The van der Waals surface area contributed by atoms with E-state index in [1.807, 2.05) is 0 Å². The number of esters is 1. The molecule has 0 unspecified atom stereocenters. The molecule has 0 heterocycles. The zero-order chi connectivity index (χ0) is 26.2. The van der Waals surface area contributed by atoms with Crippen LogP contribution >= 0.6 is 27.5 Å². The highest BCUT2D eigenvalue weighted by atomic mass is 79.9. The molecule has 0 atom stereocenters. The van der Waals surface area contributed by atoms with E-state index in [1.54, 1.807) is 49.4 Å². The normalized spacial score (nSPS) is 10.8. The summed E-state index contributed by atoms with van der Waals surface area (Å²) in [6, 6.07) is 17.0. The summed E-state index contributed by atoms with van der Waals surface area (Å²) in [4.78, 5) is 35.6. The number of nitriles is 1. The monoisotopic (exact) mass is 569 g/mol. The number of nitro groups is 1. The van der Waals surface area contributed by atoms with Gasteiger partial charge in [0.2, 0.25) is 0 Å². The third-order valence-corrected chi connectivity index (χ3v) is 5.52. The number of nitro benzene ring substituents is 1. The molecule has 9 nitrogen and oxygen atoms in total. The highest BCUT2D eigenvalue weighted by Gasteiger charge is 2.19. The van der Waals surface area contributed by atoms with Gasteiger partial charge in [-0.1, -0.05) is 29.8 Å². The molecule has 0 aliphatic heterocycles. The number of rotatable bonds is 8. The molecule has 0 fully saturated rings. The first-order valence-electron chi connectivity index (χ1n) is 10.3. The third-order valence-electron chi connectivity index (χ3n) is 4.61. The standard InChI is InChI=1S/C25H17BrClN3O6/c1-2-35-22-12-15(11-19(26)23(22)36-25(32)16-6-4-3-5-7-16)10-17(14-28)24(31)29-18-8-9-20(27)21(13-18)30(33)34/h3-13H,2H2,1H3,(H,29,31)/b17-10+. The molecular weight excluding hydrogens is 554 g/mol. The summed E-state index contributed by atoms with van der Waals surface area (Å²) in [5.74, 6) is -1.02. The topological polar surface area (TPSA) is 132 Å². The highest BCUT2D eigenvalue weighted by Crippen LogP contribution is 2.38. The number of anilines is 1. The number of ether oxygens (including phenoxy) is 2. The molecular formula is C25H17BrClN3O6. The largest absolute Gasteiger partial charge is 0.490 e. The Kier molecular flexibility index (Phi) is 8.78. The SMILES string of the molecule is CCOc1cc(/C=C(\C#N)C(=O)Nc2ccc(Cl)c([N+](=O)[O-])c2)cc(Br)c1OC(=O)c1ccccc1. The predicted octanol–water partition coefficient (Wildman–Crippen LogP) is 6.17. The predicted molar refractivity (Wildman–Crippen MR) is 137 cm³/mol. The van der Waals surface area contributed by atoms with Crippen LogP contribution in [0.4, 0.5) is 11.4 Å². The van der Waals surface area contributed by atoms with Gasteiger partial charge in [0.15, 0.2) is 11.5 Å². The molecule has 0 spiro atoms. The van der Waals surface area contributed by atoms with Gasteiger partial charge in [-0.05, 0) is 70.9 Å². The smallest absolute Gasteiger partial charge is 0.343 e. The summed E-state index contributed by atoms with van der Waals surface area (Å²) in [6.45, 7) is 2.01. The average Bonchev–Trinajstić information content (AvgIpc) is 2.86. The lowest BCUT2D eigenvalue weighted by Crippen LogP contribution is -2.13. The quantitative estimate of drug-likeness (QED) is 0.0855. The van der Waals surface area contributed by atoms with Crippen molar-refractivity contribution < 1.29 is 24.0 Å². The van der Waals surface area contributed by atoms with Crippen molar-refractivity contribution in [2.24, 2.45) is 0 Å². The first-order valence-corrected chi connectivity index (χ1v) is 11.5. The van der Waals surface area contributed by atoms with Crippen LogP contribution in [0.5, 0.6) is 11.5 Å². The summed E-state index contributed by atoms with van der Waals surface area (Å²) in [5.41, 5.74) is 0.177. The molecule has 0 saturated carbocycles. The second-order valence-corrected chi connectivity index (χ2v) is 8.33. The molecule has 3 aromatic carbocycles. The number of benzene rings is 3. The van der Waals surface area contributed by atoms with Gasteiger partial charge in [-0.3, -0.25) is 14.9 Å². The second kappa shape index (κ2) is 12.0. The maximum atomic E-state index is 12.7. The van der Waals surface area contributed by atoms with Gasteiger partial charge in [0.1, 0.15) is 16.7 Å². The maximum Gasteiger partial charge on any atom is 0.343 e. The molecule has 0 aliphatic carbocycles. The van der Waals surface area contributed by atoms with Crippen molar-refractivity contribution in [3.63, 3.8) is 0 Å². The van der Waals surface area contributed by atoms with Gasteiger partial charge in [-0.25, -0.2) is 4.79 Å². The van der Waals surface area contributed by atoms with E-state index in [0.717, 1.165) is 6.07 Å². The van der Waals surface area contributed by atoms with Crippen molar-refractivity contribution in [1.29, 1.82) is 5.26 Å².